The number of para-hydroxylation sites is 1. The fraction of sp³-hybridized carbons (Fsp3) is 0.464. The van der Waals surface area contributed by atoms with Gasteiger partial charge in [-0.2, -0.15) is 4.98 Å². The minimum absolute atomic E-state index is 0.0822. The summed E-state index contributed by atoms with van der Waals surface area (Å²) in [5, 5.41) is 19.6. The second-order valence-electron chi connectivity index (χ2n) is 10.6. The molecule has 3 fully saturated rings. The van der Waals surface area contributed by atoms with Gasteiger partial charge in [-0.25, -0.2) is 0 Å². The molecule has 2 aliphatic carbocycles. The van der Waals surface area contributed by atoms with Crippen molar-refractivity contribution in [3.05, 3.63) is 35.8 Å². The van der Waals surface area contributed by atoms with E-state index in [-0.39, 0.29) is 46.7 Å². The molecule has 0 bridgehead atoms. The molecule has 3 amide bonds. The highest BCUT2D eigenvalue weighted by molar-refractivity contribution is 6.00. The zero-order chi connectivity index (χ0) is 31.7. The summed E-state index contributed by atoms with van der Waals surface area (Å²) in [6, 6.07) is 6.53. The van der Waals surface area contributed by atoms with Gasteiger partial charge in [-0.15, -0.1) is 10.2 Å². The SMILES string of the molecule is [2H]C([2H])([2H])NC(=O)c1nnc(NC(=O)C2CC2)cc1Nc1cccc(-c2nc(CN3CCN(C(=O)C4CC4)CC3)no2)c1OC. The summed E-state index contributed by atoms with van der Waals surface area (Å²) >= 11 is 0. The van der Waals surface area contributed by atoms with Crippen LogP contribution in [0.1, 0.15) is 46.1 Å². The Morgan fingerprint density at radius 3 is 2.57 bits per heavy atom. The van der Waals surface area contributed by atoms with E-state index in [1.165, 1.54) is 13.2 Å². The molecule has 3 heterocycles. The average Bonchev–Trinajstić information content (AvgIpc) is 3.94. The van der Waals surface area contributed by atoms with Gasteiger partial charge in [0.2, 0.25) is 11.8 Å². The number of methoxy groups -OCH3 is 1. The topological polar surface area (TPSA) is 168 Å². The van der Waals surface area contributed by atoms with Crippen LogP contribution in [0.5, 0.6) is 5.75 Å². The van der Waals surface area contributed by atoms with Crippen molar-refractivity contribution in [3.63, 3.8) is 0 Å². The number of benzene rings is 1. The van der Waals surface area contributed by atoms with E-state index in [9.17, 15) is 14.4 Å². The highest BCUT2D eigenvalue weighted by Gasteiger charge is 2.35. The van der Waals surface area contributed by atoms with Gasteiger partial charge in [0.05, 0.1) is 30.6 Å². The second kappa shape index (κ2) is 11.7. The molecule has 220 valence electrons. The number of carbonyl (C=O) groups is 3. The molecule has 42 heavy (non-hydrogen) atoms. The smallest absolute Gasteiger partial charge is 0.273 e. The Balaban J connectivity index is 1.20. The summed E-state index contributed by atoms with van der Waals surface area (Å²) in [5.74, 6) is 0.248. The van der Waals surface area contributed by atoms with E-state index in [0.717, 1.165) is 25.7 Å². The van der Waals surface area contributed by atoms with Crippen molar-refractivity contribution in [2.75, 3.05) is 50.9 Å². The Morgan fingerprint density at radius 2 is 1.86 bits per heavy atom. The van der Waals surface area contributed by atoms with Gasteiger partial charge in [0.15, 0.2) is 23.1 Å². The van der Waals surface area contributed by atoms with Crippen molar-refractivity contribution in [2.45, 2.75) is 32.2 Å². The summed E-state index contributed by atoms with van der Waals surface area (Å²) in [6.07, 6.45) is 3.54. The first-order valence-corrected chi connectivity index (χ1v) is 13.9. The van der Waals surface area contributed by atoms with Gasteiger partial charge >= 0.3 is 0 Å². The molecule has 2 saturated carbocycles. The summed E-state index contributed by atoms with van der Waals surface area (Å²) in [6.45, 7) is 0.462. The highest BCUT2D eigenvalue weighted by atomic mass is 16.5. The number of rotatable bonds is 10. The largest absolute Gasteiger partial charge is 0.494 e. The molecule has 1 aromatic carbocycles. The number of carbonyl (C=O) groups excluding carboxylic acids is 3. The van der Waals surface area contributed by atoms with Crippen LogP contribution in [-0.4, -0.2) is 88.1 Å². The van der Waals surface area contributed by atoms with E-state index in [4.69, 9.17) is 13.4 Å². The minimum Gasteiger partial charge on any atom is -0.494 e. The van der Waals surface area contributed by atoms with Crippen LogP contribution in [0, 0.1) is 11.8 Å². The first-order chi connectivity index (χ1) is 21.6. The first kappa shape index (κ1) is 24.1. The Hall–Kier alpha value is -4.59. The van der Waals surface area contributed by atoms with Gasteiger partial charge in [-0.1, -0.05) is 11.2 Å². The molecular weight excluding hydrogens is 542 g/mol. The van der Waals surface area contributed by atoms with E-state index in [2.05, 4.69) is 35.9 Å². The highest BCUT2D eigenvalue weighted by Crippen LogP contribution is 2.38. The molecule has 0 radical (unpaired) electrons. The molecule has 2 aromatic heterocycles. The molecule has 3 aliphatic rings. The van der Waals surface area contributed by atoms with Gasteiger partial charge in [0.25, 0.3) is 11.8 Å². The lowest BCUT2D eigenvalue weighted by Gasteiger charge is -2.34. The summed E-state index contributed by atoms with van der Waals surface area (Å²) < 4.78 is 33.6. The maximum absolute atomic E-state index is 12.8. The fourth-order valence-corrected chi connectivity index (χ4v) is 4.86. The lowest BCUT2D eigenvalue weighted by Crippen LogP contribution is -2.48. The van der Waals surface area contributed by atoms with Crippen LogP contribution in [0.4, 0.5) is 17.2 Å². The zero-order valence-corrected chi connectivity index (χ0v) is 23.1. The predicted molar refractivity (Wildman–Crippen MR) is 151 cm³/mol. The van der Waals surface area contributed by atoms with Crippen molar-refractivity contribution >= 4 is 34.9 Å². The molecule has 0 unspecified atom stereocenters. The number of nitrogens with zero attached hydrogens (tertiary/aromatic N) is 6. The monoisotopic (exact) mass is 578 g/mol. The van der Waals surface area contributed by atoms with Crippen LogP contribution in [0.3, 0.4) is 0 Å². The Bertz CT molecular complexity index is 1600. The molecule has 0 atom stereocenters. The molecule has 1 saturated heterocycles. The van der Waals surface area contributed by atoms with Crippen molar-refractivity contribution in [1.82, 2.24) is 35.5 Å². The molecule has 3 aromatic rings. The van der Waals surface area contributed by atoms with Crippen LogP contribution in [0.2, 0.25) is 0 Å². The quantitative estimate of drug-likeness (QED) is 0.322. The minimum atomic E-state index is -2.76. The first-order valence-electron chi connectivity index (χ1n) is 15.4. The number of ether oxygens (including phenoxy) is 1. The molecule has 0 spiro atoms. The standard InChI is InChI=1S/C28H33N9O5/c1-29-26(39)23-20(14-21(33-34-23)31-25(38)16-6-7-16)30-19-5-3-4-18(24(19)41-2)27-32-22(35-42-27)15-36-10-12-37(13-11-36)28(40)17-8-9-17/h3-5,14,16-17H,6-13,15H2,1-2H3,(H,29,39)(H2,30,31,33,38)/i1D3. The number of aromatic nitrogens is 4. The van der Waals surface area contributed by atoms with Crippen molar-refractivity contribution in [3.8, 4) is 17.2 Å². The van der Waals surface area contributed by atoms with Crippen molar-refractivity contribution in [2.24, 2.45) is 11.8 Å². The summed E-state index contributed by atoms with van der Waals surface area (Å²) in [7, 11) is 1.46. The Morgan fingerprint density at radius 1 is 1.07 bits per heavy atom. The van der Waals surface area contributed by atoms with E-state index < -0.39 is 12.9 Å². The Labute approximate surface area is 246 Å². The third-order valence-electron chi connectivity index (χ3n) is 7.48. The lowest BCUT2D eigenvalue weighted by molar-refractivity contribution is -0.134. The number of nitrogens with one attached hydrogen (secondary N) is 3. The third-order valence-corrected chi connectivity index (χ3v) is 7.48. The lowest BCUT2D eigenvalue weighted by atomic mass is 10.1. The predicted octanol–water partition coefficient (Wildman–Crippen LogP) is 2.04. The van der Waals surface area contributed by atoms with E-state index in [0.29, 0.717) is 55.5 Å². The van der Waals surface area contributed by atoms with Crippen LogP contribution in [-0.2, 0) is 16.1 Å². The van der Waals surface area contributed by atoms with E-state index in [1.54, 1.807) is 18.2 Å². The summed E-state index contributed by atoms with van der Waals surface area (Å²) in [4.78, 5) is 46.2. The van der Waals surface area contributed by atoms with E-state index >= 15 is 0 Å². The molecule has 1 aliphatic heterocycles. The van der Waals surface area contributed by atoms with Gasteiger partial charge < -0.3 is 30.1 Å². The van der Waals surface area contributed by atoms with Crippen LogP contribution in [0.25, 0.3) is 11.5 Å². The average molecular weight is 579 g/mol. The second-order valence-corrected chi connectivity index (χ2v) is 10.6. The van der Waals surface area contributed by atoms with Crippen molar-refractivity contribution < 1.29 is 27.8 Å². The number of anilines is 3. The zero-order valence-electron chi connectivity index (χ0n) is 26.1. The third kappa shape index (κ3) is 6.03. The van der Waals surface area contributed by atoms with Crippen LogP contribution < -0.4 is 20.7 Å². The molecular formula is C28H33N9O5. The number of amides is 3. The molecule has 14 heteroatoms. The summed E-state index contributed by atoms with van der Waals surface area (Å²) in [5.41, 5.74) is 0.626. The number of hydrogen-bond acceptors (Lipinski definition) is 11. The van der Waals surface area contributed by atoms with Crippen LogP contribution >= 0.6 is 0 Å². The van der Waals surface area contributed by atoms with Gasteiger partial charge in [-0.3, -0.25) is 19.3 Å². The molecule has 6 rings (SSSR count). The van der Waals surface area contributed by atoms with Crippen molar-refractivity contribution in [1.29, 1.82) is 0 Å². The van der Waals surface area contributed by atoms with E-state index in [1.807, 2.05) is 10.2 Å². The maximum Gasteiger partial charge on any atom is 0.273 e. The van der Waals surface area contributed by atoms with Gasteiger partial charge in [-0.05, 0) is 37.8 Å². The molecule has 3 N–H and O–H groups in total. The van der Waals surface area contributed by atoms with Gasteiger partial charge in [0.1, 0.15) is 0 Å². The van der Waals surface area contributed by atoms with Crippen LogP contribution in [0.15, 0.2) is 28.8 Å². The fourth-order valence-electron chi connectivity index (χ4n) is 4.86. The molecule has 14 nitrogen and oxygen atoms in total. The van der Waals surface area contributed by atoms with Gasteiger partial charge in [0, 0.05) is 55.2 Å². The number of piperazine rings is 1. The normalized spacial score (nSPS) is 18.4. The number of hydrogen-bond donors (Lipinski definition) is 3. The Kier molecular flexibility index (Phi) is 6.71. The maximum atomic E-state index is 12.8.